The zero-order chi connectivity index (χ0) is 26.5. The van der Waals surface area contributed by atoms with Gasteiger partial charge in [-0.2, -0.15) is 5.10 Å². The Morgan fingerprint density at radius 1 is 1.13 bits per heavy atom. The summed E-state index contributed by atoms with van der Waals surface area (Å²) >= 11 is 0. The summed E-state index contributed by atoms with van der Waals surface area (Å²) in [5, 5.41) is 11.0. The van der Waals surface area contributed by atoms with Crippen LogP contribution in [0.4, 0.5) is 10.1 Å². The van der Waals surface area contributed by atoms with E-state index in [0.29, 0.717) is 50.6 Å². The van der Waals surface area contributed by atoms with Crippen molar-refractivity contribution in [1.82, 2.24) is 39.7 Å². The highest BCUT2D eigenvalue weighted by molar-refractivity contribution is 5.97. The third-order valence-electron chi connectivity index (χ3n) is 7.26. The van der Waals surface area contributed by atoms with Gasteiger partial charge in [-0.15, -0.1) is 0 Å². The first-order chi connectivity index (χ1) is 19.0. The molecule has 5 aromatic heterocycles. The van der Waals surface area contributed by atoms with Crippen LogP contribution in [-0.4, -0.2) is 45.6 Å². The monoisotopic (exact) mass is 521 g/mol. The van der Waals surface area contributed by atoms with E-state index in [1.807, 2.05) is 23.8 Å². The van der Waals surface area contributed by atoms with Crippen molar-refractivity contribution >= 4 is 33.5 Å². The number of nitrogens with zero attached hydrogens (tertiary/aromatic N) is 6. The highest BCUT2D eigenvalue weighted by Crippen LogP contribution is 2.34. The molecule has 0 bridgehead atoms. The van der Waals surface area contributed by atoms with Gasteiger partial charge in [0.15, 0.2) is 11.6 Å². The van der Waals surface area contributed by atoms with Gasteiger partial charge < -0.3 is 10.3 Å². The van der Waals surface area contributed by atoms with Crippen molar-refractivity contribution in [1.29, 1.82) is 0 Å². The molecule has 1 saturated carbocycles. The number of carbonyl (C=O) groups is 1. The molecule has 10 nitrogen and oxygen atoms in total. The average molecular weight is 522 g/mol. The topological polar surface area (TPSA) is 130 Å². The van der Waals surface area contributed by atoms with Crippen molar-refractivity contribution in [2.24, 2.45) is 5.92 Å². The van der Waals surface area contributed by atoms with Crippen molar-refractivity contribution in [2.45, 2.75) is 32.6 Å². The molecule has 1 aliphatic rings. The summed E-state index contributed by atoms with van der Waals surface area (Å²) in [6.45, 7) is 1.91. The Morgan fingerprint density at radius 3 is 2.82 bits per heavy atom. The van der Waals surface area contributed by atoms with Crippen LogP contribution in [0.1, 0.15) is 31.4 Å². The fourth-order valence-corrected chi connectivity index (χ4v) is 5.29. The molecule has 0 saturated heterocycles. The Morgan fingerprint density at radius 2 is 2.00 bits per heavy atom. The van der Waals surface area contributed by atoms with Crippen molar-refractivity contribution in [2.75, 3.05) is 5.32 Å². The summed E-state index contributed by atoms with van der Waals surface area (Å²) in [5.74, 6) is 0.752. The number of aromatic nitrogens is 8. The second-order valence-corrected chi connectivity index (χ2v) is 9.92. The zero-order valence-corrected chi connectivity index (χ0v) is 21.1. The van der Waals surface area contributed by atoms with Crippen LogP contribution in [0.2, 0.25) is 0 Å². The van der Waals surface area contributed by atoms with Gasteiger partial charge in [-0.05, 0) is 38.0 Å². The van der Waals surface area contributed by atoms with Crippen LogP contribution in [-0.2, 0) is 4.79 Å². The molecular formula is C28H24FN9O. The highest BCUT2D eigenvalue weighted by Gasteiger charge is 2.23. The maximum absolute atomic E-state index is 15.3. The minimum atomic E-state index is -0.426. The first-order valence-electron chi connectivity index (χ1n) is 12.8. The maximum atomic E-state index is 15.3. The number of imidazole rings is 2. The van der Waals surface area contributed by atoms with Gasteiger partial charge in [-0.1, -0.05) is 12.8 Å². The van der Waals surface area contributed by atoms with Crippen LogP contribution < -0.4 is 5.32 Å². The summed E-state index contributed by atoms with van der Waals surface area (Å²) in [4.78, 5) is 33.8. The van der Waals surface area contributed by atoms with Crippen LogP contribution in [0, 0.1) is 18.7 Å². The molecule has 1 amide bonds. The van der Waals surface area contributed by atoms with E-state index in [9.17, 15) is 4.79 Å². The van der Waals surface area contributed by atoms with Gasteiger partial charge >= 0.3 is 0 Å². The number of anilines is 1. The number of fused-ring (bicyclic) bond motifs is 2. The first-order valence-corrected chi connectivity index (χ1v) is 12.8. The lowest BCUT2D eigenvalue weighted by atomic mass is 10.0. The molecule has 1 fully saturated rings. The number of carbonyl (C=O) groups excluding carboxylic acids is 1. The van der Waals surface area contributed by atoms with Crippen molar-refractivity contribution in [3.8, 4) is 28.5 Å². The lowest BCUT2D eigenvalue weighted by molar-refractivity contribution is -0.119. The van der Waals surface area contributed by atoms with Gasteiger partial charge in [0.25, 0.3) is 0 Å². The third kappa shape index (κ3) is 4.12. The van der Waals surface area contributed by atoms with E-state index in [4.69, 9.17) is 4.98 Å². The van der Waals surface area contributed by atoms with Crippen LogP contribution in [0.5, 0.6) is 0 Å². The summed E-state index contributed by atoms with van der Waals surface area (Å²) in [7, 11) is 0. The number of nitrogens with one attached hydrogen (secondary N) is 3. The Bertz CT molecular complexity index is 1860. The smallest absolute Gasteiger partial charge is 0.227 e. The molecule has 5 heterocycles. The average Bonchev–Trinajstić information content (AvgIpc) is 3.74. The van der Waals surface area contributed by atoms with Gasteiger partial charge in [0.2, 0.25) is 5.91 Å². The largest absolute Gasteiger partial charge is 0.336 e. The van der Waals surface area contributed by atoms with Crippen LogP contribution in [0.15, 0.2) is 55.4 Å². The predicted molar refractivity (Wildman–Crippen MR) is 145 cm³/mol. The third-order valence-corrected chi connectivity index (χ3v) is 7.26. The molecule has 3 N–H and O–H groups in total. The fourth-order valence-electron chi connectivity index (χ4n) is 5.29. The number of hydrogen-bond acceptors (Lipinski definition) is 6. The molecule has 11 heteroatoms. The first kappa shape index (κ1) is 23.2. The minimum absolute atomic E-state index is 0.0101. The lowest BCUT2D eigenvalue weighted by Gasteiger charge is -2.11. The number of aromatic amines is 2. The molecule has 39 heavy (non-hydrogen) atoms. The van der Waals surface area contributed by atoms with Crippen LogP contribution in [0.25, 0.3) is 50.4 Å². The highest BCUT2D eigenvalue weighted by atomic mass is 19.1. The van der Waals surface area contributed by atoms with E-state index in [0.717, 1.165) is 36.9 Å². The number of aryl methyl sites for hydroxylation is 1. The SMILES string of the molecule is Cc1cn(-c2nccc3[nH]c(-c4n[nH]c5cc(F)c(-c6cncc(NC(=O)C7CCCC7)c6)cc45)nc23)cn1. The summed E-state index contributed by atoms with van der Waals surface area (Å²) in [6.07, 6.45) is 12.4. The molecule has 0 unspecified atom stereocenters. The van der Waals surface area contributed by atoms with Gasteiger partial charge in [0.1, 0.15) is 23.4 Å². The maximum Gasteiger partial charge on any atom is 0.227 e. The lowest BCUT2D eigenvalue weighted by Crippen LogP contribution is -2.20. The van der Waals surface area contributed by atoms with E-state index in [-0.39, 0.29) is 11.8 Å². The van der Waals surface area contributed by atoms with E-state index >= 15 is 4.39 Å². The van der Waals surface area contributed by atoms with Crippen LogP contribution >= 0.6 is 0 Å². The standard InChI is InChI=1S/C28H24FN9O/c1-15-13-38(14-32-15)27-25-22(6-7-31-27)34-26(35-25)24-20-9-19(21(29)10-23(20)36-37-24)17-8-18(12-30-11-17)33-28(39)16-4-2-3-5-16/h6-14,16H,2-5H2,1H3,(H,33,39)(H,34,35)(H,36,37). The van der Waals surface area contributed by atoms with E-state index in [1.165, 1.54) is 6.07 Å². The molecule has 0 aliphatic heterocycles. The zero-order valence-electron chi connectivity index (χ0n) is 21.1. The molecule has 1 aromatic carbocycles. The number of rotatable bonds is 5. The Hall–Kier alpha value is -4.93. The number of benzene rings is 1. The molecule has 7 rings (SSSR count). The van der Waals surface area contributed by atoms with E-state index in [1.54, 1.807) is 37.1 Å². The van der Waals surface area contributed by atoms with Gasteiger partial charge in [0, 0.05) is 47.1 Å². The molecule has 194 valence electrons. The van der Waals surface area contributed by atoms with E-state index < -0.39 is 5.82 Å². The quantitative estimate of drug-likeness (QED) is 0.281. The van der Waals surface area contributed by atoms with Gasteiger partial charge in [-0.25, -0.2) is 19.3 Å². The molecule has 0 radical (unpaired) electrons. The Kier molecular flexibility index (Phi) is 5.43. The molecule has 0 spiro atoms. The number of amides is 1. The molecule has 0 atom stereocenters. The number of halogens is 1. The summed E-state index contributed by atoms with van der Waals surface area (Å²) < 4.78 is 17.1. The molecular weight excluding hydrogens is 497 g/mol. The second kappa shape index (κ2) is 9.12. The van der Waals surface area contributed by atoms with Crippen molar-refractivity contribution in [3.05, 3.63) is 66.9 Å². The van der Waals surface area contributed by atoms with Gasteiger partial charge in [0.05, 0.1) is 28.6 Å². The Balaban J connectivity index is 1.27. The molecule has 6 aromatic rings. The van der Waals surface area contributed by atoms with E-state index in [2.05, 4.69) is 35.5 Å². The predicted octanol–water partition coefficient (Wildman–Crippen LogP) is 5.33. The summed E-state index contributed by atoms with van der Waals surface area (Å²) in [5.41, 5.74) is 4.85. The fraction of sp³-hybridized carbons (Fsp3) is 0.214. The Labute approximate surface area is 221 Å². The number of hydrogen-bond donors (Lipinski definition) is 3. The van der Waals surface area contributed by atoms with Crippen LogP contribution in [0.3, 0.4) is 0 Å². The summed E-state index contributed by atoms with van der Waals surface area (Å²) in [6, 6.07) is 6.73. The van der Waals surface area contributed by atoms with Crippen molar-refractivity contribution < 1.29 is 9.18 Å². The number of pyridine rings is 2. The normalized spacial score (nSPS) is 14.0. The van der Waals surface area contributed by atoms with Gasteiger partial charge in [-0.3, -0.25) is 19.4 Å². The second-order valence-electron chi connectivity index (χ2n) is 9.92. The number of H-pyrrole nitrogens is 2. The molecule has 1 aliphatic carbocycles. The van der Waals surface area contributed by atoms with Crippen molar-refractivity contribution in [3.63, 3.8) is 0 Å². The minimum Gasteiger partial charge on any atom is -0.336 e.